The Balaban J connectivity index is 2.80. The summed E-state index contributed by atoms with van der Waals surface area (Å²) in [5.74, 6) is -4.88. The van der Waals surface area contributed by atoms with Gasteiger partial charge in [-0.15, -0.1) is 0 Å². The van der Waals surface area contributed by atoms with Gasteiger partial charge in [0.1, 0.15) is 18.1 Å². The molecule has 0 fully saturated rings. The van der Waals surface area contributed by atoms with Crippen molar-refractivity contribution in [3.05, 3.63) is 35.9 Å². The van der Waals surface area contributed by atoms with Gasteiger partial charge in [0.15, 0.2) is 0 Å². The van der Waals surface area contributed by atoms with Gasteiger partial charge in [0, 0.05) is 0 Å². The van der Waals surface area contributed by atoms with Gasteiger partial charge < -0.3 is 37.6 Å². The molecule has 1 aromatic rings. The number of benzene rings is 1. The van der Waals surface area contributed by atoms with Crippen LogP contribution < -0.4 is 27.4 Å². The topological polar surface area (TPSA) is 214 Å². The number of primary amides is 1. The molecule has 12 nitrogen and oxygen atoms in total. The highest BCUT2D eigenvalue weighted by atomic mass is 16.4. The van der Waals surface area contributed by atoms with Crippen molar-refractivity contribution in [3.8, 4) is 0 Å². The number of hydrogen-bond donors (Lipinski definition) is 7. The molecule has 0 bridgehead atoms. The van der Waals surface area contributed by atoms with E-state index in [0.717, 1.165) is 5.56 Å². The van der Waals surface area contributed by atoms with Crippen molar-refractivity contribution < 1.29 is 34.2 Å². The van der Waals surface area contributed by atoms with E-state index < -0.39 is 66.8 Å². The van der Waals surface area contributed by atoms with E-state index in [-0.39, 0.29) is 6.42 Å². The summed E-state index contributed by atoms with van der Waals surface area (Å²) >= 11 is 0. The smallest absolute Gasteiger partial charge is 0.325 e. The molecule has 0 heterocycles. The Labute approximate surface area is 178 Å². The molecule has 12 heteroatoms. The second-order valence-electron chi connectivity index (χ2n) is 6.84. The van der Waals surface area contributed by atoms with Gasteiger partial charge in [0.25, 0.3) is 0 Å². The maximum Gasteiger partial charge on any atom is 0.325 e. The number of carboxylic acids is 1. The van der Waals surface area contributed by atoms with Gasteiger partial charge in [0.2, 0.25) is 23.6 Å². The molecule has 1 aromatic carbocycles. The van der Waals surface area contributed by atoms with E-state index >= 15 is 0 Å². The Hall–Kier alpha value is -3.51. The van der Waals surface area contributed by atoms with E-state index in [4.69, 9.17) is 16.6 Å². The fraction of sp³-hybridized carbons (Fsp3) is 0.421. The quantitative estimate of drug-likeness (QED) is 0.178. The number of nitrogens with two attached hydrogens (primary N) is 2. The highest BCUT2D eigenvalue weighted by Gasteiger charge is 2.30. The lowest BCUT2D eigenvalue weighted by Gasteiger charge is -2.23. The molecule has 31 heavy (non-hydrogen) atoms. The van der Waals surface area contributed by atoms with Gasteiger partial charge in [0.05, 0.1) is 19.1 Å². The summed E-state index contributed by atoms with van der Waals surface area (Å²) in [6, 6.07) is 3.61. The van der Waals surface area contributed by atoms with Gasteiger partial charge in [-0.25, -0.2) is 0 Å². The molecule has 0 saturated carbocycles. The van der Waals surface area contributed by atoms with E-state index in [0.29, 0.717) is 0 Å². The summed E-state index contributed by atoms with van der Waals surface area (Å²) in [6.07, 6.45) is -0.409. The van der Waals surface area contributed by atoms with Crippen LogP contribution in [-0.2, 0) is 30.4 Å². The molecule has 9 N–H and O–H groups in total. The van der Waals surface area contributed by atoms with Crippen LogP contribution in [0.3, 0.4) is 0 Å². The standard InChI is InChI=1S/C19H27N5O7/c1-10(19(30)31)22-18(29)14(9-25)24-17(28)13(8-15(21)26)23-16(27)12(20)7-11-5-3-2-4-6-11/h2-6,10,12-14,25H,7-9,20H2,1H3,(H2,21,26)(H,22,29)(H,23,27)(H,24,28)(H,30,31). The summed E-state index contributed by atoms with van der Waals surface area (Å²) < 4.78 is 0. The molecular formula is C19H27N5O7. The molecule has 0 aromatic heterocycles. The zero-order valence-electron chi connectivity index (χ0n) is 16.9. The third-order valence-electron chi connectivity index (χ3n) is 4.22. The van der Waals surface area contributed by atoms with Gasteiger partial charge >= 0.3 is 5.97 Å². The lowest BCUT2D eigenvalue weighted by atomic mass is 10.0. The number of carbonyl (C=O) groups is 5. The number of rotatable bonds is 12. The van der Waals surface area contributed by atoms with Gasteiger partial charge in [-0.2, -0.15) is 0 Å². The average molecular weight is 437 g/mol. The maximum absolute atomic E-state index is 12.5. The molecule has 0 aliphatic rings. The number of aliphatic carboxylic acids is 1. The van der Waals surface area contributed by atoms with E-state index in [1.807, 2.05) is 0 Å². The Bertz CT molecular complexity index is 802. The lowest BCUT2D eigenvalue weighted by molar-refractivity contribution is -0.142. The Kier molecular flexibility index (Phi) is 10.1. The van der Waals surface area contributed by atoms with Crippen LogP contribution in [0.4, 0.5) is 0 Å². The molecule has 0 saturated heterocycles. The van der Waals surface area contributed by atoms with Crippen LogP contribution in [0, 0.1) is 0 Å². The first-order valence-corrected chi connectivity index (χ1v) is 9.37. The molecular weight excluding hydrogens is 410 g/mol. The fourth-order valence-electron chi connectivity index (χ4n) is 2.49. The first-order valence-electron chi connectivity index (χ1n) is 9.37. The van der Waals surface area contributed by atoms with E-state index in [2.05, 4.69) is 16.0 Å². The van der Waals surface area contributed by atoms with Crippen LogP contribution in [-0.4, -0.2) is 70.6 Å². The van der Waals surface area contributed by atoms with Gasteiger partial charge in [-0.1, -0.05) is 30.3 Å². The number of aliphatic hydroxyl groups excluding tert-OH is 1. The van der Waals surface area contributed by atoms with Gasteiger partial charge in [-0.05, 0) is 18.9 Å². The Morgan fingerprint density at radius 3 is 2.00 bits per heavy atom. The van der Waals surface area contributed by atoms with Crippen LogP contribution in [0.2, 0.25) is 0 Å². The molecule has 0 radical (unpaired) electrons. The average Bonchev–Trinajstić information content (AvgIpc) is 2.71. The van der Waals surface area contributed by atoms with Crippen LogP contribution >= 0.6 is 0 Å². The molecule has 0 spiro atoms. The van der Waals surface area contributed by atoms with Crippen molar-refractivity contribution in [1.82, 2.24) is 16.0 Å². The van der Waals surface area contributed by atoms with Crippen molar-refractivity contribution >= 4 is 29.6 Å². The SMILES string of the molecule is CC(NC(=O)C(CO)NC(=O)C(CC(N)=O)NC(=O)C(N)Cc1ccccc1)C(=O)O. The Morgan fingerprint density at radius 1 is 0.935 bits per heavy atom. The number of nitrogens with one attached hydrogen (secondary N) is 3. The summed E-state index contributed by atoms with van der Waals surface area (Å²) in [6.45, 7) is 0.343. The molecule has 1 rings (SSSR count). The zero-order valence-corrected chi connectivity index (χ0v) is 16.9. The number of amides is 4. The summed E-state index contributed by atoms with van der Waals surface area (Å²) in [5, 5.41) is 24.8. The minimum absolute atomic E-state index is 0.173. The predicted molar refractivity (Wildman–Crippen MR) is 108 cm³/mol. The first kappa shape index (κ1) is 25.5. The zero-order chi connectivity index (χ0) is 23.6. The number of hydrogen-bond acceptors (Lipinski definition) is 7. The minimum Gasteiger partial charge on any atom is -0.480 e. The molecule has 170 valence electrons. The lowest BCUT2D eigenvalue weighted by Crippen LogP contribution is -2.58. The van der Waals surface area contributed by atoms with Crippen molar-refractivity contribution in [3.63, 3.8) is 0 Å². The van der Waals surface area contributed by atoms with Crippen molar-refractivity contribution in [2.45, 2.75) is 43.9 Å². The maximum atomic E-state index is 12.5. The number of carboxylic acid groups (broad SMARTS) is 1. The fourth-order valence-corrected chi connectivity index (χ4v) is 2.49. The second-order valence-corrected chi connectivity index (χ2v) is 6.84. The van der Waals surface area contributed by atoms with Crippen molar-refractivity contribution in [2.24, 2.45) is 11.5 Å². The van der Waals surface area contributed by atoms with Crippen molar-refractivity contribution in [2.75, 3.05) is 6.61 Å². The van der Waals surface area contributed by atoms with Crippen molar-refractivity contribution in [1.29, 1.82) is 0 Å². The van der Waals surface area contributed by atoms with Crippen LogP contribution in [0.15, 0.2) is 30.3 Å². The predicted octanol–water partition coefficient (Wildman–Crippen LogP) is -3.02. The normalized spacial score (nSPS) is 14.4. The molecule has 4 atom stereocenters. The highest BCUT2D eigenvalue weighted by molar-refractivity contribution is 5.96. The summed E-state index contributed by atoms with van der Waals surface area (Å²) in [4.78, 5) is 59.1. The number of carbonyl (C=O) groups excluding carboxylic acids is 4. The third kappa shape index (κ3) is 8.80. The Morgan fingerprint density at radius 2 is 1.48 bits per heavy atom. The summed E-state index contributed by atoms with van der Waals surface area (Å²) in [5.41, 5.74) is 11.8. The third-order valence-corrected chi connectivity index (χ3v) is 4.22. The second kappa shape index (κ2) is 12.2. The first-order chi connectivity index (χ1) is 14.5. The van der Waals surface area contributed by atoms with E-state index in [1.54, 1.807) is 30.3 Å². The van der Waals surface area contributed by atoms with Gasteiger partial charge in [-0.3, -0.25) is 24.0 Å². The minimum atomic E-state index is -1.51. The van der Waals surface area contributed by atoms with Crippen LogP contribution in [0.5, 0.6) is 0 Å². The number of aliphatic hydroxyl groups is 1. The molecule has 0 aliphatic carbocycles. The molecule has 4 amide bonds. The van der Waals surface area contributed by atoms with E-state index in [9.17, 15) is 29.1 Å². The van der Waals surface area contributed by atoms with Crippen LogP contribution in [0.1, 0.15) is 18.9 Å². The van der Waals surface area contributed by atoms with Crippen LogP contribution in [0.25, 0.3) is 0 Å². The molecule has 0 aliphatic heterocycles. The highest BCUT2D eigenvalue weighted by Crippen LogP contribution is 2.03. The molecule has 4 unspecified atom stereocenters. The summed E-state index contributed by atoms with van der Waals surface area (Å²) in [7, 11) is 0. The van der Waals surface area contributed by atoms with E-state index in [1.165, 1.54) is 6.92 Å². The largest absolute Gasteiger partial charge is 0.480 e. The monoisotopic (exact) mass is 437 g/mol.